The quantitative estimate of drug-likeness (QED) is 0.532. The molecule has 1 aliphatic rings. The van der Waals surface area contributed by atoms with Gasteiger partial charge >= 0.3 is 5.97 Å². The second-order valence-electron chi connectivity index (χ2n) is 5.46. The van der Waals surface area contributed by atoms with Crippen LogP contribution in [0.1, 0.15) is 52.4 Å². The summed E-state index contributed by atoms with van der Waals surface area (Å²) in [5, 5.41) is 19.2. The van der Waals surface area contributed by atoms with Gasteiger partial charge in [0.15, 0.2) is 0 Å². The van der Waals surface area contributed by atoms with Gasteiger partial charge in [0.1, 0.15) is 6.29 Å². The van der Waals surface area contributed by atoms with Gasteiger partial charge in [-0.1, -0.05) is 12.8 Å². The zero-order chi connectivity index (χ0) is 15.1. The van der Waals surface area contributed by atoms with Crippen molar-refractivity contribution in [2.24, 2.45) is 5.92 Å². The topological polar surface area (TPSA) is 74.6 Å². The molecule has 4 nitrogen and oxygen atoms in total. The van der Waals surface area contributed by atoms with Crippen LogP contribution in [0.25, 0.3) is 0 Å². The molecular weight excluding hydrogens is 276 g/mol. The van der Waals surface area contributed by atoms with E-state index in [0.29, 0.717) is 23.7 Å². The Balaban J connectivity index is 2.70. The van der Waals surface area contributed by atoms with E-state index in [9.17, 15) is 14.7 Å². The van der Waals surface area contributed by atoms with E-state index in [1.165, 1.54) is 12.8 Å². The molecule has 5 heteroatoms. The third-order valence-corrected chi connectivity index (χ3v) is 5.45. The summed E-state index contributed by atoms with van der Waals surface area (Å²) in [5.41, 5.74) is 0.372. The van der Waals surface area contributed by atoms with Crippen LogP contribution in [-0.4, -0.2) is 33.8 Å². The fourth-order valence-corrected chi connectivity index (χ4v) is 3.85. The van der Waals surface area contributed by atoms with Crippen LogP contribution in [0.15, 0.2) is 10.5 Å². The molecule has 2 atom stereocenters. The minimum Gasteiger partial charge on any atom is -0.478 e. The highest BCUT2D eigenvalue weighted by molar-refractivity contribution is 8.03. The minimum atomic E-state index is -0.898. The number of hydrogen-bond donors (Lipinski definition) is 2. The summed E-state index contributed by atoms with van der Waals surface area (Å²) in [6, 6.07) is 0. The fraction of sp³-hybridized carbons (Fsp3) is 0.733. The number of carboxylic acid groups (broad SMARTS) is 1. The highest BCUT2D eigenvalue weighted by Gasteiger charge is 2.22. The number of aldehydes is 1. The Labute approximate surface area is 124 Å². The van der Waals surface area contributed by atoms with E-state index >= 15 is 0 Å². The molecule has 1 saturated carbocycles. The van der Waals surface area contributed by atoms with E-state index in [2.05, 4.69) is 0 Å². The molecule has 20 heavy (non-hydrogen) atoms. The first-order chi connectivity index (χ1) is 9.45. The van der Waals surface area contributed by atoms with Crippen LogP contribution in [0.3, 0.4) is 0 Å². The summed E-state index contributed by atoms with van der Waals surface area (Å²) < 4.78 is 0. The smallest absolute Gasteiger partial charge is 0.332 e. The Bertz CT molecular complexity index is 370. The molecule has 1 fully saturated rings. The molecule has 0 spiro atoms. The Kier molecular flexibility index (Phi) is 7.30. The van der Waals surface area contributed by atoms with Crippen LogP contribution in [0.5, 0.6) is 0 Å². The lowest BCUT2D eigenvalue weighted by Crippen LogP contribution is -2.18. The van der Waals surface area contributed by atoms with Gasteiger partial charge in [-0.05, 0) is 44.4 Å². The molecule has 1 rings (SSSR count). The van der Waals surface area contributed by atoms with Gasteiger partial charge in [-0.25, -0.2) is 4.79 Å². The van der Waals surface area contributed by atoms with Crippen molar-refractivity contribution in [3.05, 3.63) is 10.5 Å². The van der Waals surface area contributed by atoms with E-state index in [1.54, 1.807) is 25.6 Å². The molecule has 0 heterocycles. The Hall–Kier alpha value is -0.810. The zero-order valence-electron chi connectivity index (χ0n) is 12.2. The van der Waals surface area contributed by atoms with Gasteiger partial charge in [-0.15, -0.1) is 11.8 Å². The van der Waals surface area contributed by atoms with Gasteiger partial charge in [0.05, 0.1) is 6.10 Å². The van der Waals surface area contributed by atoms with Gasteiger partial charge in [0.25, 0.3) is 0 Å². The van der Waals surface area contributed by atoms with Crippen LogP contribution < -0.4 is 0 Å². The number of aliphatic hydroxyl groups excluding tert-OH is 1. The van der Waals surface area contributed by atoms with Crippen molar-refractivity contribution in [3.8, 4) is 0 Å². The third kappa shape index (κ3) is 5.29. The number of aliphatic carboxylic acids is 1. The predicted molar refractivity (Wildman–Crippen MR) is 80.7 cm³/mol. The zero-order valence-corrected chi connectivity index (χ0v) is 13.0. The summed E-state index contributed by atoms with van der Waals surface area (Å²) in [6.07, 6.45) is 5.81. The normalized spacial score (nSPS) is 20.4. The lowest BCUT2D eigenvalue weighted by molar-refractivity contribution is -0.132. The molecule has 0 radical (unpaired) electrons. The number of carbonyl (C=O) groups excluding carboxylic acids is 1. The molecule has 0 amide bonds. The molecule has 2 N–H and O–H groups in total. The maximum absolute atomic E-state index is 11.2. The summed E-state index contributed by atoms with van der Waals surface area (Å²) in [5.74, 6) is -1.32. The molecule has 0 aliphatic heterocycles. The lowest BCUT2D eigenvalue weighted by atomic mass is 9.99. The van der Waals surface area contributed by atoms with E-state index in [0.717, 1.165) is 24.0 Å². The van der Waals surface area contributed by atoms with Crippen molar-refractivity contribution >= 4 is 24.0 Å². The average Bonchev–Trinajstić information content (AvgIpc) is 2.89. The van der Waals surface area contributed by atoms with Crippen molar-refractivity contribution < 1.29 is 19.8 Å². The fourth-order valence-electron chi connectivity index (χ4n) is 2.38. The van der Waals surface area contributed by atoms with Crippen LogP contribution in [-0.2, 0) is 9.59 Å². The average molecular weight is 300 g/mol. The third-order valence-electron chi connectivity index (χ3n) is 3.85. The Morgan fingerprint density at radius 2 is 2.00 bits per heavy atom. The van der Waals surface area contributed by atoms with E-state index < -0.39 is 18.0 Å². The Morgan fingerprint density at radius 3 is 2.45 bits per heavy atom. The first-order valence-corrected chi connectivity index (χ1v) is 8.06. The number of thioether (sulfide) groups is 1. The Morgan fingerprint density at radius 1 is 1.40 bits per heavy atom. The van der Waals surface area contributed by atoms with Crippen molar-refractivity contribution in [2.45, 2.75) is 63.7 Å². The van der Waals surface area contributed by atoms with E-state index in [-0.39, 0.29) is 0 Å². The summed E-state index contributed by atoms with van der Waals surface area (Å²) >= 11 is 1.65. The number of rotatable bonds is 8. The van der Waals surface area contributed by atoms with Crippen LogP contribution in [0.2, 0.25) is 0 Å². The summed E-state index contributed by atoms with van der Waals surface area (Å²) in [4.78, 5) is 22.9. The molecule has 0 aromatic carbocycles. The SMILES string of the molecule is CC(C(=O)O)=C(CCC(C=O)C(C)O)SC1CCCC1. The first kappa shape index (κ1) is 17.2. The van der Waals surface area contributed by atoms with Crippen molar-refractivity contribution in [1.29, 1.82) is 0 Å². The number of allylic oxidation sites excluding steroid dienone is 1. The monoisotopic (exact) mass is 300 g/mol. The molecule has 2 unspecified atom stereocenters. The molecule has 1 aliphatic carbocycles. The highest BCUT2D eigenvalue weighted by atomic mass is 32.2. The number of aliphatic hydroxyl groups is 1. The van der Waals surface area contributed by atoms with E-state index in [4.69, 9.17) is 5.11 Å². The highest BCUT2D eigenvalue weighted by Crippen LogP contribution is 2.38. The van der Waals surface area contributed by atoms with Gasteiger partial charge in [0.2, 0.25) is 0 Å². The lowest BCUT2D eigenvalue weighted by Gasteiger charge is -2.17. The summed E-state index contributed by atoms with van der Waals surface area (Å²) in [6.45, 7) is 3.22. The largest absolute Gasteiger partial charge is 0.478 e. The molecule has 114 valence electrons. The second-order valence-corrected chi connectivity index (χ2v) is 6.85. The van der Waals surface area contributed by atoms with Gasteiger partial charge in [0, 0.05) is 16.7 Å². The van der Waals surface area contributed by atoms with Crippen LogP contribution in [0, 0.1) is 5.92 Å². The number of carbonyl (C=O) groups is 2. The standard InChI is InChI=1S/C15H24O4S/c1-10(15(18)19)14(20-13-5-3-4-6-13)8-7-12(9-16)11(2)17/h9,11-13,17H,3-8H2,1-2H3,(H,18,19). The summed E-state index contributed by atoms with van der Waals surface area (Å²) in [7, 11) is 0. The molecule has 0 aromatic rings. The van der Waals surface area contributed by atoms with Crippen LogP contribution >= 0.6 is 11.8 Å². The van der Waals surface area contributed by atoms with Crippen molar-refractivity contribution in [2.75, 3.05) is 0 Å². The van der Waals surface area contributed by atoms with Crippen LogP contribution in [0.4, 0.5) is 0 Å². The molecule has 0 saturated heterocycles. The van der Waals surface area contributed by atoms with Crippen molar-refractivity contribution in [3.63, 3.8) is 0 Å². The maximum atomic E-state index is 11.2. The van der Waals surface area contributed by atoms with Gasteiger partial charge in [-0.3, -0.25) is 0 Å². The number of carboxylic acids is 1. The maximum Gasteiger partial charge on any atom is 0.332 e. The minimum absolute atomic E-state index is 0.372. The predicted octanol–water partition coefficient (Wildman–Crippen LogP) is 3.00. The molecule has 0 bridgehead atoms. The second kappa shape index (κ2) is 8.47. The van der Waals surface area contributed by atoms with Gasteiger partial charge < -0.3 is 15.0 Å². The van der Waals surface area contributed by atoms with Crippen molar-refractivity contribution in [1.82, 2.24) is 0 Å². The van der Waals surface area contributed by atoms with Gasteiger partial charge in [-0.2, -0.15) is 0 Å². The number of hydrogen-bond acceptors (Lipinski definition) is 4. The molecular formula is C15H24O4S. The van der Waals surface area contributed by atoms with E-state index in [1.807, 2.05) is 0 Å². The molecule has 0 aromatic heterocycles. The first-order valence-electron chi connectivity index (χ1n) is 7.18.